The number of aryl methyl sites for hydroxylation is 1. The maximum Gasteiger partial charge on any atom is 0.139 e. The van der Waals surface area contributed by atoms with E-state index in [1.807, 2.05) is 12.1 Å². The molecule has 0 aromatic heterocycles. The number of unbranched alkanes of at least 4 members (excludes halogenated alkanes) is 2. The maximum absolute atomic E-state index is 13.7. The summed E-state index contributed by atoms with van der Waals surface area (Å²) in [7, 11) is 0. The molecule has 2 aromatic rings. The number of benzene rings is 2. The van der Waals surface area contributed by atoms with Crippen molar-refractivity contribution in [2.45, 2.75) is 32.6 Å². The fourth-order valence-electron chi connectivity index (χ4n) is 2.06. The molecule has 0 radical (unpaired) electrons. The van der Waals surface area contributed by atoms with Crippen LogP contribution in [0, 0.1) is 17.7 Å². The Hall–Kier alpha value is -1.59. The van der Waals surface area contributed by atoms with Gasteiger partial charge in [0.15, 0.2) is 0 Å². The maximum atomic E-state index is 13.7. The van der Waals surface area contributed by atoms with E-state index in [-0.39, 0.29) is 5.82 Å². The first-order valence-corrected chi connectivity index (χ1v) is 8.04. The molecule has 2 rings (SSSR count). The second kappa shape index (κ2) is 8.00. The number of halogens is 2. The first-order valence-electron chi connectivity index (χ1n) is 7.25. The van der Waals surface area contributed by atoms with Crippen LogP contribution >= 0.6 is 15.9 Å². The molecule has 0 atom stereocenters. The van der Waals surface area contributed by atoms with Crippen molar-refractivity contribution >= 4 is 15.9 Å². The summed E-state index contributed by atoms with van der Waals surface area (Å²) in [4.78, 5) is 0. The van der Waals surface area contributed by atoms with Crippen LogP contribution < -0.4 is 0 Å². The highest BCUT2D eigenvalue weighted by Crippen LogP contribution is 2.14. The lowest BCUT2D eigenvalue weighted by Crippen LogP contribution is -1.86. The van der Waals surface area contributed by atoms with E-state index in [0.29, 0.717) is 5.56 Å². The molecule has 0 aliphatic carbocycles. The van der Waals surface area contributed by atoms with Crippen molar-refractivity contribution in [1.82, 2.24) is 0 Å². The van der Waals surface area contributed by atoms with Gasteiger partial charge in [-0.3, -0.25) is 0 Å². The van der Waals surface area contributed by atoms with Gasteiger partial charge in [0, 0.05) is 10.0 Å². The summed E-state index contributed by atoms with van der Waals surface area (Å²) in [6, 6.07) is 13.1. The third kappa shape index (κ3) is 5.02. The van der Waals surface area contributed by atoms with Gasteiger partial charge in [-0.2, -0.15) is 0 Å². The summed E-state index contributed by atoms with van der Waals surface area (Å²) in [5, 5.41) is 0. The summed E-state index contributed by atoms with van der Waals surface area (Å²) in [5.74, 6) is 5.59. The predicted octanol–water partition coefficient (Wildman–Crippen LogP) is 5.72. The van der Waals surface area contributed by atoms with Crippen LogP contribution in [-0.2, 0) is 6.42 Å². The molecule has 108 valence electrons. The lowest BCUT2D eigenvalue weighted by Gasteiger charge is -2.00. The van der Waals surface area contributed by atoms with E-state index in [2.05, 4.69) is 46.8 Å². The van der Waals surface area contributed by atoms with Crippen molar-refractivity contribution in [1.29, 1.82) is 0 Å². The van der Waals surface area contributed by atoms with Crippen molar-refractivity contribution in [3.05, 3.63) is 69.4 Å². The van der Waals surface area contributed by atoms with Crippen molar-refractivity contribution < 1.29 is 4.39 Å². The van der Waals surface area contributed by atoms with Crippen LogP contribution in [-0.4, -0.2) is 0 Å². The lowest BCUT2D eigenvalue weighted by molar-refractivity contribution is 0.623. The molecule has 0 spiro atoms. The van der Waals surface area contributed by atoms with Gasteiger partial charge >= 0.3 is 0 Å². The van der Waals surface area contributed by atoms with Gasteiger partial charge in [-0.25, -0.2) is 4.39 Å². The molecule has 0 aliphatic rings. The van der Waals surface area contributed by atoms with Crippen molar-refractivity contribution in [2.24, 2.45) is 0 Å². The number of hydrogen-bond acceptors (Lipinski definition) is 0. The molecule has 0 saturated carbocycles. The van der Waals surface area contributed by atoms with E-state index in [9.17, 15) is 4.39 Å². The van der Waals surface area contributed by atoms with E-state index in [1.54, 1.807) is 12.1 Å². The summed E-state index contributed by atoms with van der Waals surface area (Å²) in [6.07, 6.45) is 4.85. The van der Waals surface area contributed by atoms with Crippen LogP contribution in [0.25, 0.3) is 0 Å². The molecule has 0 aliphatic heterocycles. The Kier molecular flexibility index (Phi) is 6.02. The molecule has 0 bridgehead atoms. The smallest absolute Gasteiger partial charge is 0.139 e. The summed E-state index contributed by atoms with van der Waals surface area (Å²) in [6.45, 7) is 2.21. The first kappa shape index (κ1) is 15.8. The van der Waals surface area contributed by atoms with E-state index in [1.165, 1.54) is 30.9 Å². The molecule has 0 heterocycles. The number of rotatable bonds is 4. The minimum atomic E-state index is -0.298. The quantitative estimate of drug-likeness (QED) is 0.491. The Bertz CT molecular complexity index is 648. The van der Waals surface area contributed by atoms with Gasteiger partial charge in [0.2, 0.25) is 0 Å². The fraction of sp³-hybridized carbons (Fsp3) is 0.263. The Labute approximate surface area is 134 Å². The monoisotopic (exact) mass is 344 g/mol. The third-order valence-corrected chi connectivity index (χ3v) is 3.79. The molecular weight excluding hydrogens is 327 g/mol. The zero-order valence-electron chi connectivity index (χ0n) is 12.1. The average molecular weight is 345 g/mol. The molecule has 0 N–H and O–H groups in total. The second-order valence-corrected chi connectivity index (χ2v) is 5.94. The Morgan fingerprint density at radius 2 is 1.76 bits per heavy atom. The van der Waals surface area contributed by atoms with Gasteiger partial charge < -0.3 is 0 Å². The summed E-state index contributed by atoms with van der Waals surface area (Å²) < 4.78 is 14.4. The summed E-state index contributed by atoms with van der Waals surface area (Å²) in [5.41, 5.74) is 2.67. The highest BCUT2D eigenvalue weighted by Gasteiger charge is 1.99. The van der Waals surface area contributed by atoms with Crippen LogP contribution in [0.5, 0.6) is 0 Å². The van der Waals surface area contributed by atoms with E-state index in [4.69, 9.17) is 0 Å². The topological polar surface area (TPSA) is 0 Å². The molecular formula is C19H18BrF. The molecule has 2 aromatic carbocycles. The molecule has 21 heavy (non-hydrogen) atoms. The average Bonchev–Trinajstić information content (AvgIpc) is 2.48. The molecule has 0 fully saturated rings. The van der Waals surface area contributed by atoms with Gasteiger partial charge in [-0.15, -0.1) is 0 Å². The largest absolute Gasteiger partial charge is 0.206 e. The SMILES string of the molecule is CCCCCc1ccc(C#Cc2ccc(Br)cc2F)cc1. The van der Waals surface area contributed by atoms with Crippen molar-refractivity contribution in [2.75, 3.05) is 0 Å². The van der Waals surface area contributed by atoms with Crippen LogP contribution in [0.3, 0.4) is 0 Å². The predicted molar refractivity (Wildman–Crippen MR) is 89.8 cm³/mol. The molecule has 0 saturated heterocycles. The van der Waals surface area contributed by atoms with E-state index < -0.39 is 0 Å². The van der Waals surface area contributed by atoms with Gasteiger partial charge in [0.1, 0.15) is 5.82 Å². The summed E-state index contributed by atoms with van der Waals surface area (Å²) >= 11 is 3.24. The standard InChI is InChI=1S/C19H18BrF/c1-2-3-4-5-15-6-8-16(9-7-15)10-11-17-12-13-18(20)14-19(17)21/h6-9,12-14H,2-5H2,1H3. The highest BCUT2D eigenvalue weighted by molar-refractivity contribution is 9.10. The Morgan fingerprint density at radius 3 is 2.43 bits per heavy atom. The molecule has 2 heteroatoms. The molecule has 0 amide bonds. The van der Waals surface area contributed by atoms with Gasteiger partial charge in [-0.05, 0) is 48.7 Å². The van der Waals surface area contributed by atoms with Gasteiger partial charge in [-0.1, -0.05) is 59.7 Å². The zero-order chi connectivity index (χ0) is 15.1. The third-order valence-electron chi connectivity index (χ3n) is 3.30. The van der Waals surface area contributed by atoms with Crippen LogP contribution in [0.4, 0.5) is 4.39 Å². The minimum Gasteiger partial charge on any atom is -0.206 e. The zero-order valence-corrected chi connectivity index (χ0v) is 13.7. The van der Waals surface area contributed by atoms with Crippen molar-refractivity contribution in [3.63, 3.8) is 0 Å². The Balaban J connectivity index is 2.05. The fourth-order valence-corrected chi connectivity index (χ4v) is 2.40. The first-order chi connectivity index (χ1) is 10.2. The van der Waals surface area contributed by atoms with Crippen LogP contribution in [0.1, 0.15) is 42.9 Å². The van der Waals surface area contributed by atoms with E-state index in [0.717, 1.165) is 16.5 Å². The van der Waals surface area contributed by atoms with Gasteiger partial charge in [0.05, 0.1) is 5.56 Å². The molecule has 0 unspecified atom stereocenters. The normalized spacial score (nSPS) is 10.0. The van der Waals surface area contributed by atoms with Gasteiger partial charge in [0.25, 0.3) is 0 Å². The molecule has 0 nitrogen and oxygen atoms in total. The Morgan fingerprint density at radius 1 is 1.00 bits per heavy atom. The van der Waals surface area contributed by atoms with E-state index >= 15 is 0 Å². The van der Waals surface area contributed by atoms with Crippen molar-refractivity contribution in [3.8, 4) is 11.8 Å². The minimum absolute atomic E-state index is 0.298. The number of hydrogen-bond donors (Lipinski definition) is 0. The lowest BCUT2D eigenvalue weighted by atomic mass is 10.1. The van der Waals surface area contributed by atoms with Crippen LogP contribution in [0.15, 0.2) is 46.9 Å². The second-order valence-electron chi connectivity index (χ2n) is 5.03. The highest BCUT2D eigenvalue weighted by atomic mass is 79.9. The van der Waals surface area contributed by atoms with Crippen LogP contribution in [0.2, 0.25) is 0 Å².